The van der Waals surface area contributed by atoms with Crippen molar-refractivity contribution in [2.24, 2.45) is 0 Å². The summed E-state index contributed by atoms with van der Waals surface area (Å²) in [6, 6.07) is 23.5. The number of fused-ring (bicyclic) bond motifs is 1. The average Bonchev–Trinajstić information content (AvgIpc) is 3.30. The largest absolute Gasteiger partial charge is 0.457 e. The number of rotatable bonds is 4. The Bertz CT molecular complexity index is 1170. The van der Waals surface area contributed by atoms with Gasteiger partial charge in [-0.3, -0.25) is 0 Å². The van der Waals surface area contributed by atoms with Crippen LogP contribution in [0.1, 0.15) is 28.4 Å². The summed E-state index contributed by atoms with van der Waals surface area (Å²) >= 11 is 0. The zero-order chi connectivity index (χ0) is 20.3. The predicted octanol–water partition coefficient (Wildman–Crippen LogP) is 3.72. The molecule has 1 aliphatic heterocycles. The highest BCUT2D eigenvalue weighted by Gasteiger charge is 2.32. The Morgan fingerprint density at radius 3 is 2.67 bits per heavy atom. The molecule has 1 saturated heterocycles. The Kier molecular flexibility index (Phi) is 4.99. The number of esters is 1. The molecule has 0 unspecified atom stereocenters. The van der Waals surface area contributed by atoms with E-state index in [1.807, 2.05) is 79.0 Å². The first-order valence-electron chi connectivity index (χ1n) is 10.2. The van der Waals surface area contributed by atoms with Crippen molar-refractivity contribution in [1.29, 1.82) is 0 Å². The van der Waals surface area contributed by atoms with Crippen molar-refractivity contribution in [2.45, 2.75) is 18.4 Å². The number of piperidine rings is 1. The van der Waals surface area contributed by atoms with Crippen LogP contribution in [0, 0.1) is 0 Å². The molecule has 6 nitrogen and oxygen atoms in total. The zero-order valence-electron chi connectivity index (χ0n) is 16.4. The Morgan fingerprint density at radius 1 is 1.00 bits per heavy atom. The van der Waals surface area contributed by atoms with E-state index in [1.165, 1.54) is 0 Å². The van der Waals surface area contributed by atoms with Gasteiger partial charge in [0.2, 0.25) is 0 Å². The van der Waals surface area contributed by atoms with Crippen LogP contribution >= 0.6 is 0 Å². The van der Waals surface area contributed by atoms with Crippen molar-refractivity contribution < 1.29 is 9.53 Å². The van der Waals surface area contributed by atoms with Gasteiger partial charge in [0.15, 0.2) is 0 Å². The predicted molar refractivity (Wildman–Crippen MR) is 115 cm³/mol. The van der Waals surface area contributed by atoms with Crippen molar-refractivity contribution in [1.82, 2.24) is 20.3 Å². The molecule has 1 fully saturated rings. The molecular weight excluding hydrogens is 376 g/mol. The number of ether oxygens (including phenoxy) is 1. The van der Waals surface area contributed by atoms with E-state index in [4.69, 9.17) is 4.74 Å². The topological polar surface area (TPSA) is 69.0 Å². The van der Waals surface area contributed by atoms with Crippen LogP contribution < -0.4 is 5.32 Å². The number of para-hydroxylation sites is 1. The number of aromatic nitrogens is 3. The van der Waals surface area contributed by atoms with Crippen molar-refractivity contribution in [2.75, 3.05) is 13.1 Å². The Labute approximate surface area is 174 Å². The Morgan fingerprint density at radius 2 is 1.80 bits per heavy atom. The van der Waals surface area contributed by atoms with Crippen molar-refractivity contribution >= 4 is 16.7 Å². The molecule has 0 aliphatic carbocycles. The number of benzene rings is 3. The van der Waals surface area contributed by atoms with Crippen molar-refractivity contribution in [3.8, 4) is 5.69 Å². The van der Waals surface area contributed by atoms with Gasteiger partial charge in [0.1, 0.15) is 6.10 Å². The molecule has 1 N–H and O–H groups in total. The van der Waals surface area contributed by atoms with Gasteiger partial charge in [0.25, 0.3) is 0 Å². The first kappa shape index (κ1) is 18.5. The molecule has 1 aromatic heterocycles. The molecule has 1 aliphatic rings. The normalized spacial score (nSPS) is 18.9. The quantitative estimate of drug-likeness (QED) is 0.531. The van der Waals surface area contributed by atoms with E-state index in [1.54, 1.807) is 4.68 Å². The molecule has 2 atom stereocenters. The second kappa shape index (κ2) is 8.08. The molecular formula is C24H22N4O2. The fourth-order valence-corrected chi connectivity index (χ4v) is 3.97. The van der Waals surface area contributed by atoms with E-state index in [0.717, 1.165) is 35.1 Å². The number of carbonyl (C=O) groups is 1. The summed E-state index contributed by atoms with van der Waals surface area (Å²) in [6.07, 6.45) is 2.48. The highest BCUT2D eigenvalue weighted by Crippen LogP contribution is 2.28. The summed E-state index contributed by atoms with van der Waals surface area (Å²) in [5, 5.41) is 14.1. The van der Waals surface area contributed by atoms with Crippen LogP contribution in [0.2, 0.25) is 0 Å². The second-order valence-electron chi connectivity index (χ2n) is 7.53. The third kappa shape index (κ3) is 3.69. The minimum Gasteiger partial charge on any atom is -0.457 e. The molecule has 30 heavy (non-hydrogen) atoms. The molecule has 6 heteroatoms. The molecule has 2 heterocycles. The van der Waals surface area contributed by atoms with Gasteiger partial charge in [0, 0.05) is 12.5 Å². The van der Waals surface area contributed by atoms with Crippen LogP contribution in [0.25, 0.3) is 16.5 Å². The Hall–Kier alpha value is -3.51. The monoisotopic (exact) mass is 398 g/mol. The molecule has 3 aromatic carbocycles. The lowest BCUT2D eigenvalue weighted by Crippen LogP contribution is -2.42. The molecule has 0 bridgehead atoms. The van der Waals surface area contributed by atoms with Gasteiger partial charge in [-0.25, -0.2) is 9.48 Å². The highest BCUT2D eigenvalue weighted by atomic mass is 16.5. The minimum atomic E-state index is -0.310. The van der Waals surface area contributed by atoms with E-state index in [-0.39, 0.29) is 18.0 Å². The molecule has 5 rings (SSSR count). The van der Waals surface area contributed by atoms with Crippen LogP contribution in [0.3, 0.4) is 0 Å². The van der Waals surface area contributed by atoms with Gasteiger partial charge < -0.3 is 10.1 Å². The number of nitrogens with one attached hydrogen (secondary N) is 1. The number of nitrogens with zero attached hydrogens (tertiary/aromatic N) is 3. The number of carbonyl (C=O) groups excluding carboxylic acids is 1. The zero-order valence-corrected chi connectivity index (χ0v) is 16.4. The second-order valence-corrected chi connectivity index (χ2v) is 7.53. The van der Waals surface area contributed by atoms with E-state index >= 15 is 0 Å². The SMILES string of the molecule is O=C(O[C@@H]1CNCC[C@H]1c1cn(-c2ccccc2)nn1)c1ccc2ccccc2c1. The third-order valence-corrected chi connectivity index (χ3v) is 5.58. The maximum absolute atomic E-state index is 12.9. The van der Waals surface area contributed by atoms with Gasteiger partial charge in [-0.2, -0.15) is 0 Å². The fraction of sp³-hybridized carbons (Fsp3) is 0.208. The van der Waals surface area contributed by atoms with Gasteiger partial charge in [0.05, 0.1) is 23.1 Å². The van der Waals surface area contributed by atoms with Crippen molar-refractivity contribution in [3.05, 3.63) is 90.3 Å². The van der Waals surface area contributed by atoms with E-state index in [9.17, 15) is 4.79 Å². The first-order chi connectivity index (χ1) is 14.8. The van der Waals surface area contributed by atoms with Gasteiger partial charge >= 0.3 is 5.97 Å². The lowest BCUT2D eigenvalue weighted by molar-refractivity contribution is 0.0178. The minimum absolute atomic E-state index is 0.00752. The lowest BCUT2D eigenvalue weighted by atomic mass is 9.92. The molecule has 4 aromatic rings. The lowest BCUT2D eigenvalue weighted by Gasteiger charge is -2.30. The van der Waals surface area contributed by atoms with Gasteiger partial charge in [-0.05, 0) is 48.0 Å². The molecule has 150 valence electrons. The average molecular weight is 398 g/mol. The van der Waals surface area contributed by atoms with Crippen LogP contribution in [0.4, 0.5) is 0 Å². The standard InChI is InChI=1S/C24H22N4O2/c29-24(19-11-10-17-6-4-5-7-18(17)14-19)30-23-15-25-13-12-21(23)22-16-28(27-26-22)20-8-2-1-3-9-20/h1-11,14,16,21,23,25H,12-13,15H2/t21-,23+/m0/s1. The molecule has 0 saturated carbocycles. The first-order valence-corrected chi connectivity index (χ1v) is 10.2. The summed E-state index contributed by atoms with van der Waals surface area (Å²) in [5.41, 5.74) is 2.36. The van der Waals surface area contributed by atoms with E-state index < -0.39 is 0 Å². The van der Waals surface area contributed by atoms with E-state index in [0.29, 0.717) is 12.1 Å². The van der Waals surface area contributed by atoms with Crippen LogP contribution in [-0.2, 0) is 4.74 Å². The molecule has 0 radical (unpaired) electrons. The molecule has 0 amide bonds. The third-order valence-electron chi connectivity index (χ3n) is 5.58. The van der Waals surface area contributed by atoms with E-state index in [2.05, 4.69) is 15.6 Å². The number of hydrogen-bond acceptors (Lipinski definition) is 5. The van der Waals surface area contributed by atoms with Crippen molar-refractivity contribution in [3.63, 3.8) is 0 Å². The smallest absolute Gasteiger partial charge is 0.338 e. The van der Waals surface area contributed by atoms with Gasteiger partial charge in [-0.15, -0.1) is 5.10 Å². The summed E-state index contributed by atoms with van der Waals surface area (Å²) in [4.78, 5) is 12.9. The highest BCUT2D eigenvalue weighted by molar-refractivity contribution is 5.95. The number of hydrogen-bond donors (Lipinski definition) is 1. The van der Waals surface area contributed by atoms with Crippen LogP contribution in [0.15, 0.2) is 79.0 Å². The fourth-order valence-electron chi connectivity index (χ4n) is 3.97. The van der Waals surface area contributed by atoms with Gasteiger partial charge in [-0.1, -0.05) is 53.7 Å². The summed E-state index contributed by atoms with van der Waals surface area (Å²) in [5.74, 6) is -0.303. The van der Waals surface area contributed by atoms with Crippen LogP contribution in [0.5, 0.6) is 0 Å². The van der Waals surface area contributed by atoms with Crippen LogP contribution in [-0.4, -0.2) is 40.2 Å². The summed E-state index contributed by atoms with van der Waals surface area (Å²) in [6.45, 7) is 1.45. The molecule has 0 spiro atoms. The summed E-state index contributed by atoms with van der Waals surface area (Å²) in [7, 11) is 0. The Balaban J connectivity index is 1.36. The summed E-state index contributed by atoms with van der Waals surface area (Å²) < 4.78 is 7.69. The maximum atomic E-state index is 12.9. The maximum Gasteiger partial charge on any atom is 0.338 e.